The molecule has 4 rings (SSSR count). The molecular formula is C21H23Cl2Zr-. The van der Waals surface area contributed by atoms with E-state index < -0.39 is 0 Å². The molecular weight excluding hydrogens is 414 g/mol. The molecule has 0 N–H and O–H groups in total. The molecule has 0 bridgehead atoms. The quantitative estimate of drug-likeness (QED) is 0.426. The molecule has 0 saturated carbocycles. The van der Waals surface area contributed by atoms with Crippen molar-refractivity contribution in [1.29, 1.82) is 0 Å². The monoisotopic (exact) mass is 435 g/mol. The van der Waals surface area contributed by atoms with E-state index in [0.29, 0.717) is 5.92 Å². The van der Waals surface area contributed by atoms with Gasteiger partial charge in [0.25, 0.3) is 0 Å². The summed E-state index contributed by atoms with van der Waals surface area (Å²) >= 11 is 0. The molecule has 1 unspecified atom stereocenters. The van der Waals surface area contributed by atoms with Crippen LogP contribution in [0.4, 0.5) is 0 Å². The number of benzene rings is 2. The van der Waals surface area contributed by atoms with Gasteiger partial charge in [-0.25, -0.2) is 0 Å². The van der Waals surface area contributed by atoms with Gasteiger partial charge in [-0.2, -0.15) is 5.56 Å². The van der Waals surface area contributed by atoms with E-state index >= 15 is 0 Å². The molecule has 1 aliphatic rings. The van der Waals surface area contributed by atoms with Crippen LogP contribution < -0.4 is 0 Å². The fourth-order valence-electron chi connectivity index (χ4n) is 3.75. The number of halogens is 2. The SMILES string of the molecule is CC(Cc1c[cH-]c2cc3c(cc12)CCC3)c1ccccc1.Cl.Cl.[Zr]. The zero-order valence-corrected chi connectivity index (χ0v) is 18.0. The molecule has 1 aliphatic carbocycles. The second-order valence-electron chi connectivity index (χ2n) is 6.44. The average molecular weight is 438 g/mol. The smallest absolute Gasteiger partial charge is 0 e. The minimum atomic E-state index is 0. The third kappa shape index (κ3) is 4.18. The summed E-state index contributed by atoms with van der Waals surface area (Å²) in [6.07, 6.45) is 5.00. The van der Waals surface area contributed by atoms with Gasteiger partial charge in [-0.15, -0.1) is 59.9 Å². The first-order chi connectivity index (χ1) is 10.3. The minimum Gasteiger partial charge on any atom is -0.153 e. The van der Waals surface area contributed by atoms with E-state index in [4.69, 9.17) is 0 Å². The van der Waals surface area contributed by atoms with Crippen LogP contribution in [-0.2, 0) is 45.5 Å². The van der Waals surface area contributed by atoms with Gasteiger partial charge in [0, 0.05) is 26.2 Å². The van der Waals surface area contributed by atoms with Gasteiger partial charge in [0.1, 0.15) is 0 Å². The Kier molecular flexibility index (Phi) is 8.33. The van der Waals surface area contributed by atoms with Crippen molar-refractivity contribution in [1.82, 2.24) is 0 Å². The summed E-state index contributed by atoms with van der Waals surface area (Å²) in [6, 6.07) is 20.4. The largest absolute Gasteiger partial charge is 0.153 e. The van der Waals surface area contributed by atoms with Crippen molar-refractivity contribution in [3.63, 3.8) is 0 Å². The molecule has 0 fully saturated rings. The van der Waals surface area contributed by atoms with Crippen LogP contribution in [0.1, 0.15) is 41.5 Å². The molecule has 0 radical (unpaired) electrons. The Morgan fingerprint density at radius 1 is 1.00 bits per heavy atom. The molecule has 3 aromatic rings. The van der Waals surface area contributed by atoms with Crippen molar-refractivity contribution in [2.24, 2.45) is 0 Å². The van der Waals surface area contributed by atoms with E-state index in [9.17, 15) is 0 Å². The van der Waals surface area contributed by atoms with Crippen LogP contribution in [0, 0.1) is 0 Å². The van der Waals surface area contributed by atoms with E-state index in [0.717, 1.165) is 6.42 Å². The molecule has 0 nitrogen and oxygen atoms in total. The van der Waals surface area contributed by atoms with Gasteiger partial charge in [-0.05, 0) is 30.7 Å². The van der Waals surface area contributed by atoms with Crippen molar-refractivity contribution in [2.45, 2.75) is 38.5 Å². The van der Waals surface area contributed by atoms with Crippen molar-refractivity contribution in [3.05, 3.63) is 76.9 Å². The van der Waals surface area contributed by atoms with Gasteiger partial charge in [0.15, 0.2) is 0 Å². The Balaban J connectivity index is 0.000000960. The van der Waals surface area contributed by atoms with Gasteiger partial charge in [-0.3, -0.25) is 0 Å². The summed E-state index contributed by atoms with van der Waals surface area (Å²) in [4.78, 5) is 0. The topological polar surface area (TPSA) is 0 Å². The number of hydrogen-bond acceptors (Lipinski definition) is 0. The van der Waals surface area contributed by atoms with E-state index in [1.807, 2.05) is 0 Å². The van der Waals surface area contributed by atoms with Crippen LogP contribution in [0.25, 0.3) is 10.8 Å². The number of fused-ring (bicyclic) bond motifs is 2. The van der Waals surface area contributed by atoms with Crippen LogP contribution in [0.15, 0.2) is 54.6 Å². The van der Waals surface area contributed by atoms with Crippen molar-refractivity contribution < 1.29 is 26.2 Å². The van der Waals surface area contributed by atoms with Crippen LogP contribution in [0.5, 0.6) is 0 Å². The van der Waals surface area contributed by atoms with Crippen molar-refractivity contribution >= 4 is 35.6 Å². The molecule has 0 aromatic heterocycles. The number of rotatable bonds is 3. The standard InChI is InChI=1S/C21H21.2ClH.Zr/c1-15(16-6-3-2-4-7-16)12-19-10-11-20-13-17-8-5-9-18(17)14-21(19)20;;;/h2-4,6-7,10-11,13-15H,5,8-9,12H2,1H3;2*1H;/q-1;;;. The minimum absolute atomic E-state index is 0. The van der Waals surface area contributed by atoms with Crippen molar-refractivity contribution in [3.8, 4) is 0 Å². The molecule has 3 heteroatoms. The van der Waals surface area contributed by atoms with E-state index in [-0.39, 0.29) is 51.0 Å². The third-order valence-corrected chi connectivity index (χ3v) is 4.97. The van der Waals surface area contributed by atoms with Crippen LogP contribution in [0.3, 0.4) is 0 Å². The Bertz CT molecular complexity index is 777. The molecule has 0 spiro atoms. The predicted molar refractivity (Wildman–Crippen MR) is 105 cm³/mol. The second-order valence-corrected chi connectivity index (χ2v) is 6.44. The molecule has 0 heterocycles. The van der Waals surface area contributed by atoms with Crippen LogP contribution in [-0.4, -0.2) is 0 Å². The average Bonchev–Trinajstić information content (AvgIpc) is 3.13. The summed E-state index contributed by atoms with van der Waals surface area (Å²) in [7, 11) is 0. The normalized spacial score (nSPS) is 13.4. The molecule has 1 atom stereocenters. The van der Waals surface area contributed by atoms with Gasteiger partial charge in [-0.1, -0.05) is 54.8 Å². The van der Waals surface area contributed by atoms with Gasteiger partial charge < -0.3 is 0 Å². The number of aryl methyl sites for hydroxylation is 2. The maximum absolute atomic E-state index is 2.46. The Morgan fingerprint density at radius 3 is 2.38 bits per heavy atom. The Labute approximate surface area is 176 Å². The van der Waals surface area contributed by atoms with Gasteiger partial charge in [0.2, 0.25) is 0 Å². The van der Waals surface area contributed by atoms with E-state index in [2.05, 4.69) is 61.5 Å². The maximum atomic E-state index is 2.46. The molecule has 0 amide bonds. The summed E-state index contributed by atoms with van der Waals surface area (Å²) in [6.45, 7) is 2.33. The molecule has 0 aliphatic heterocycles. The summed E-state index contributed by atoms with van der Waals surface area (Å²) < 4.78 is 0. The first-order valence-corrected chi connectivity index (χ1v) is 8.06. The Hall–Kier alpha value is -0.487. The van der Waals surface area contributed by atoms with Gasteiger partial charge >= 0.3 is 0 Å². The predicted octanol–water partition coefficient (Wildman–Crippen LogP) is 6.23. The summed E-state index contributed by atoms with van der Waals surface area (Å²) in [5.41, 5.74) is 6.11. The second kappa shape index (κ2) is 9.28. The molecule has 24 heavy (non-hydrogen) atoms. The fourth-order valence-corrected chi connectivity index (χ4v) is 3.75. The Morgan fingerprint density at radius 2 is 1.67 bits per heavy atom. The number of hydrogen-bond donors (Lipinski definition) is 0. The van der Waals surface area contributed by atoms with Crippen LogP contribution in [0.2, 0.25) is 0 Å². The summed E-state index contributed by atoms with van der Waals surface area (Å²) in [5.74, 6) is 0.574. The van der Waals surface area contributed by atoms with Gasteiger partial charge in [0.05, 0.1) is 0 Å². The zero-order chi connectivity index (χ0) is 14.2. The fraction of sp³-hybridized carbons (Fsp3) is 0.286. The summed E-state index contributed by atoms with van der Waals surface area (Å²) in [5, 5.41) is 2.92. The van der Waals surface area contributed by atoms with Crippen LogP contribution >= 0.6 is 24.8 Å². The van der Waals surface area contributed by atoms with E-state index in [1.54, 1.807) is 11.1 Å². The molecule has 126 valence electrons. The third-order valence-electron chi connectivity index (χ3n) is 4.97. The van der Waals surface area contributed by atoms with E-state index in [1.165, 1.54) is 41.2 Å². The van der Waals surface area contributed by atoms with Crippen molar-refractivity contribution in [2.75, 3.05) is 0 Å². The first kappa shape index (κ1) is 21.6. The molecule has 0 saturated heterocycles. The maximum Gasteiger partial charge on any atom is 0 e. The molecule has 3 aromatic carbocycles. The first-order valence-electron chi connectivity index (χ1n) is 8.06. The zero-order valence-electron chi connectivity index (χ0n) is 13.9.